The van der Waals surface area contributed by atoms with E-state index in [0.29, 0.717) is 17.3 Å². The molecule has 296 valence electrons. The number of ether oxygens (including phenoxy) is 1. The van der Waals surface area contributed by atoms with E-state index < -0.39 is 0 Å². The molecule has 1 heterocycles. The van der Waals surface area contributed by atoms with Gasteiger partial charge in [0, 0.05) is 39.5 Å². The lowest BCUT2D eigenvalue weighted by molar-refractivity contribution is -0.235. The minimum absolute atomic E-state index is 0.0194. The van der Waals surface area contributed by atoms with E-state index in [1.165, 1.54) is 113 Å². The van der Waals surface area contributed by atoms with Crippen LogP contribution in [0.2, 0.25) is 0 Å². The van der Waals surface area contributed by atoms with Gasteiger partial charge in [-0.1, -0.05) is 116 Å². The first-order chi connectivity index (χ1) is 27.6. The van der Waals surface area contributed by atoms with Gasteiger partial charge in [0.2, 0.25) is 0 Å². The average Bonchev–Trinajstić information content (AvgIpc) is 3.74. The molecule has 7 aliphatic rings. The van der Waals surface area contributed by atoms with Crippen LogP contribution in [0.25, 0.3) is 11.1 Å². The molecule has 0 N–H and O–H groups in total. The molecule has 0 aromatic heterocycles. The molecule has 6 atom stereocenters. The molecule has 0 saturated heterocycles. The summed E-state index contributed by atoms with van der Waals surface area (Å²) in [4.78, 5) is 2.62. The Labute approximate surface area is 347 Å². The predicted molar refractivity (Wildman–Crippen MR) is 239 cm³/mol. The molecule has 2 heteroatoms. The Morgan fingerprint density at radius 2 is 1.07 bits per heavy atom. The van der Waals surface area contributed by atoms with Crippen molar-refractivity contribution in [3.8, 4) is 22.6 Å². The number of rotatable bonds is 4. The quantitative estimate of drug-likeness (QED) is 0.181. The second-order valence-corrected chi connectivity index (χ2v) is 22.7. The molecule has 6 unspecified atom stereocenters. The number of hydrogen-bond donors (Lipinski definition) is 0. The van der Waals surface area contributed by atoms with Crippen molar-refractivity contribution in [2.45, 2.75) is 134 Å². The fourth-order valence-electron chi connectivity index (χ4n) is 15.0. The molecule has 2 nitrogen and oxygen atoms in total. The smallest absolute Gasteiger partial charge is 0.133 e. The molecule has 0 radical (unpaired) electrons. The molecular weight excluding hydrogens is 703 g/mol. The third-order valence-electron chi connectivity index (χ3n) is 18.1. The van der Waals surface area contributed by atoms with Gasteiger partial charge in [-0.15, -0.1) is 0 Å². The molecule has 2 bridgehead atoms. The van der Waals surface area contributed by atoms with Crippen molar-refractivity contribution >= 4 is 17.1 Å². The summed E-state index contributed by atoms with van der Waals surface area (Å²) in [5.74, 6) is 5.39. The Balaban J connectivity index is 1.13. The normalized spacial score (nSPS) is 31.4. The van der Waals surface area contributed by atoms with Crippen LogP contribution in [0.3, 0.4) is 0 Å². The fourth-order valence-corrected chi connectivity index (χ4v) is 15.0. The number of fused-ring (bicyclic) bond motifs is 9. The van der Waals surface area contributed by atoms with Gasteiger partial charge in [-0.05, 0) is 166 Å². The topological polar surface area (TPSA) is 12.5 Å². The maximum Gasteiger partial charge on any atom is 0.133 e. The Hall–Kier alpha value is -4.30. The maximum absolute atomic E-state index is 7.23. The van der Waals surface area contributed by atoms with E-state index in [9.17, 15) is 0 Å². The fraction of sp³-hybridized carbons (Fsp3) is 0.464. The molecule has 4 fully saturated rings. The predicted octanol–water partition coefficient (Wildman–Crippen LogP) is 15.0. The van der Waals surface area contributed by atoms with Crippen LogP contribution >= 0.6 is 0 Å². The van der Waals surface area contributed by atoms with Crippen molar-refractivity contribution in [1.29, 1.82) is 0 Å². The number of hydrogen-bond acceptors (Lipinski definition) is 2. The van der Waals surface area contributed by atoms with E-state index >= 15 is 0 Å². The van der Waals surface area contributed by atoms with Crippen molar-refractivity contribution in [2.75, 3.05) is 4.90 Å². The maximum atomic E-state index is 7.23. The number of nitrogens with zero attached hydrogens (tertiary/aromatic N) is 1. The minimum Gasteiger partial charge on any atom is -0.457 e. The second-order valence-electron chi connectivity index (χ2n) is 22.7. The lowest BCUT2D eigenvalue weighted by Gasteiger charge is -2.77. The molecule has 12 rings (SSSR count). The summed E-state index contributed by atoms with van der Waals surface area (Å²) in [6, 6.07) is 40.5. The summed E-state index contributed by atoms with van der Waals surface area (Å²) in [5.41, 5.74) is 16.2. The third kappa shape index (κ3) is 4.40. The zero-order valence-corrected chi connectivity index (χ0v) is 36.1. The van der Waals surface area contributed by atoms with Gasteiger partial charge in [0.1, 0.15) is 11.5 Å². The lowest BCUT2D eigenvalue weighted by Crippen LogP contribution is -2.74. The molecule has 1 aliphatic heterocycles. The molecule has 5 aromatic carbocycles. The van der Waals surface area contributed by atoms with E-state index in [1.807, 2.05) is 0 Å². The monoisotopic (exact) mass is 763 g/mol. The highest BCUT2D eigenvalue weighted by molar-refractivity contribution is 5.91. The summed E-state index contributed by atoms with van der Waals surface area (Å²) in [5, 5.41) is 0. The van der Waals surface area contributed by atoms with Gasteiger partial charge in [0.25, 0.3) is 0 Å². The highest BCUT2D eigenvalue weighted by Crippen LogP contribution is 2.89. The number of para-hydroxylation sites is 1. The summed E-state index contributed by atoms with van der Waals surface area (Å²) in [6.45, 7) is 19.6. The number of anilines is 3. The van der Waals surface area contributed by atoms with Crippen molar-refractivity contribution in [3.05, 3.63) is 137 Å². The Kier molecular flexibility index (Phi) is 6.93. The van der Waals surface area contributed by atoms with Crippen LogP contribution in [-0.4, -0.2) is 0 Å². The Morgan fingerprint density at radius 3 is 1.69 bits per heavy atom. The summed E-state index contributed by atoms with van der Waals surface area (Å²) in [7, 11) is 0. The number of benzene rings is 5. The summed E-state index contributed by atoms with van der Waals surface area (Å²) >= 11 is 0. The van der Waals surface area contributed by atoms with Crippen LogP contribution in [0, 0.1) is 29.1 Å². The first kappa shape index (κ1) is 35.6. The van der Waals surface area contributed by atoms with Crippen LogP contribution in [-0.2, 0) is 27.1 Å². The van der Waals surface area contributed by atoms with E-state index in [2.05, 4.69) is 163 Å². The van der Waals surface area contributed by atoms with Gasteiger partial charge in [-0.2, -0.15) is 0 Å². The molecule has 58 heavy (non-hydrogen) atoms. The first-order valence-electron chi connectivity index (χ1n) is 22.8. The van der Waals surface area contributed by atoms with E-state index in [4.69, 9.17) is 4.74 Å². The van der Waals surface area contributed by atoms with Crippen LogP contribution in [0.1, 0.15) is 140 Å². The highest BCUT2D eigenvalue weighted by atomic mass is 16.5. The van der Waals surface area contributed by atoms with Gasteiger partial charge in [-0.25, -0.2) is 0 Å². The van der Waals surface area contributed by atoms with E-state index in [0.717, 1.165) is 23.3 Å². The van der Waals surface area contributed by atoms with Crippen LogP contribution in [0.5, 0.6) is 11.5 Å². The van der Waals surface area contributed by atoms with Crippen molar-refractivity contribution in [2.24, 2.45) is 29.1 Å². The molecule has 2 spiro atoms. The summed E-state index contributed by atoms with van der Waals surface area (Å²) in [6.07, 6.45) is 10.5. The lowest BCUT2D eigenvalue weighted by atomic mass is 9.26. The highest BCUT2D eigenvalue weighted by Gasteiger charge is 2.84. The van der Waals surface area contributed by atoms with E-state index in [1.54, 1.807) is 0 Å². The zero-order valence-electron chi connectivity index (χ0n) is 36.1. The minimum atomic E-state index is 0.0194. The van der Waals surface area contributed by atoms with Crippen molar-refractivity contribution < 1.29 is 4.74 Å². The molecule has 5 aromatic rings. The molecule has 0 amide bonds. The Bertz CT molecular complexity index is 2480. The van der Waals surface area contributed by atoms with Gasteiger partial charge in [0.05, 0.1) is 5.69 Å². The third-order valence-corrected chi connectivity index (χ3v) is 18.1. The van der Waals surface area contributed by atoms with Gasteiger partial charge >= 0.3 is 0 Å². The molecule has 4 saturated carbocycles. The SMILES string of the molecule is CC1(C)CCC(C)(C)c2cc(N(c3ccc4c(c3)C(C)(C)CCC4(C)C)c3cc4c(cc3-c3ccccc3)C3(c5ccccc5O4)C4CC5CC6CC3C64C5)ccc21. The van der Waals surface area contributed by atoms with E-state index in [-0.39, 0.29) is 27.1 Å². The second kappa shape index (κ2) is 11.3. The van der Waals surface area contributed by atoms with Gasteiger partial charge in [-0.3, -0.25) is 0 Å². The zero-order chi connectivity index (χ0) is 39.8. The van der Waals surface area contributed by atoms with Crippen LogP contribution in [0.4, 0.5) is 17.1 Å². The summed E-state index contributed by atoms with van der Waals surface area (Å²) < 4.78 is 7.23. The van der Waals surface area contributed by atoms with Crippen molar-refractivity contribution in [1.82, 2.24) is 0 Å². The van der Waals surface area contributed by atoms with Crippen LogP contribution < -0.4 is 9.64 Å². The standard InChI is InChI=1S/C56H61NO/c1-51(2)22-24-53(5,6)43-29-37(18-20-40(43)51)57(38-19-21-41-44(30-38)54(7,8)25-23-52(41,3)4)46-32-48-45(31-39(46)35-14-10-9-11-15-35)56(42-16-12-13-17-47(42)58-48)49-27-34-26-36-28-50(56)55(36,49)33-34/h9-21,29-32,34,36,49-50H,22-28,33H2,1-8H3. The van der Waals surface area contributed by atoms with Crippen LogP contribution in [0.15, 0.2) is 103 Å². The Morgan fingerprint density at radius 1 is 0.500 bits per heavy atom. The van der Waals surface area contributed by atoms with Crippen molar-refractivity contribution in [3.63, 3.8) is 0 Å². The first-order valence-corrected chi connectivity index (χ1v) is 22.8. The van der Waals surface area contributed by atoms with Gasteiger partial charge < -0.3 is 9.64 Å². The largest absolute Gasteiger partial charge is 0.457 e. The molecular formula is C56H61NO. The van der Waals surface area contributed by atoms with Gasteiger partial charge in [0.15, 0.2) is 0 Å². The molecule has 6 aliphatic carbocycles. The average molecular weight is 764 g/mol.